The standard InChI is InChI=1S/C8H8BrClO2/c1-11-6-3-5(9)4-7(12-2)8(6)10/h3-4H,1-2H3. The quantitative estimate of drug-likeness (QED) is 0.804. The van der Waals surface area contributed by atoms with Crippen molar-refractivity contribution in [2.45, 2.75) is 0 Å². The van der Waals surface area contributed by atoms with Crippen LogP contribution in [0.5, 0.6) is 11.5 Å². The van der Waals surface area contributed by atoms with E-state index in [2.05, 4.69) is 15.9 Å². The SMILES string of the molecule is COc1cc(Br)cc(OC)c1Cl. The predicted octanol–water partition coefficient (Wildman–Crippen LogP) is 3.12. The van der Waals surface area contributed by atoms with Gasteiger partial charge in [0.2, 0.25) is 0 Å². The van der Waals surface area contributed by atoms with Gasteiger partial charge in [0.1, 0.15) is 16.5 Å². The molecule has 0 N–H and O–H groups in total. The third kappa shape index (κ3) is 1.84. The molecule has 0 fully saturated rings. The lowest BCUT2D eigenvalue weighted by molar-refractivity contribution is 0.394. The zero-order valence-electron chi connectivity index (χ0n) is 6.73. The molecular weight excluding hydrogens is 243 g/mol. The van der Waals surface area contributed by atoms with Gasteiger partial charge in [0, 0.05) is 4.47 Å². The van der Waals surface area contributed by atoms with Crippen molar-refractivity contribution in [2.24, 2.45) is 0 Å². The molecule has 0 amide bonds. The van der Waals surface area contributed by atoms with Gasteiger partial charge in [0.25, 0.3) is 0 Å². The molecule has 1 aromatic rings. The molecule has 0 saturated heterocycles. The molecule has 0 radical (unpaired) electrons. The molecule has 4 heteroatoms. The first-order valence-electron chi connectivity index (χ1n) is 3.26. The van der Waals surface area contributed by atoms with Gasteiger partial charge in [-0.25, -0.2) is 0 Å². The average molecular weight is 252 g/mol. The molecule has 0 heterocycles. The van der Waals surface area contributed by atoms with Crippen LogP contribution in [0.4, 0.5) is 0 Å². The molecule has 1 rings (SSSR count). The second kappa shape index (κ2) is 4.01. The van der Waals surface area contributed by atoms with Gasteiger partial charge in [0.15, 0.2) is 0 Å². The van der Waals surface area contributed by atoms with E-state index in [4.69, 9.17) is 21.1 Å². The highest BCUT2D eigenvalue weighted by Gasteiger charge is 2.08. The molecule has 0 aliphatic rings. The van der Waals surface area contributed by atoms with Crippen LogP contribution >= 0.6 is 27.5 Å². The van der Waals surface area contributed by atoms with Crippen LogP contribution in [0.15, 0.2) is 16.6 Å². The third-order valence-corrected chi connectivity index (χ3v) is 2.24. The number of halogens is 2. The van der Waals surface area contributed by atoms with Crippen LogP contribution in [0.3, 0.4) is 0 Å². The van der Waals surface area contributed by atoms with Crippen LogP contribution in [0.2, 0.25) is 5.02 Å². The average Bonchev–Trinajstić information content (AvgIpc) is 2.08. The monoisotopic (exact) mass is 250 g/mol. The van der Waals surface area contributed by atoms with E-state index >= 15 is 0 Å². The predicted molar refractivity (Wildman–Crippen MR) is 52.3 cm³/mol. The molecule has 0 aliphatic heterocycles. The van der Waals surface area contributed by atoms with Gasteiger partial charge in [-0.2, -0.15) is 0 Å². The Bertz CT molecular complexity index is 263. The Balaban J connectivity index is 3.22. The normalized spacial score (nSPS) is 9.67. The van der Waals surface area contributed by atoms with Crippen molar-refractivity contribution < 1.29 is 9.47 Å². The van der Waals surface area contributed by atoms with Crippen molar-refractivity contribution in [3.8, 4) is 11.5 Å². The number of methoxy groups -OCH3 is 2. The molecule has 0 spiro atoms. The van der Waals surface area contributed by atoms with E-state index in [0.29, 0.717) is 16.5 Å². The number of rotatable bonds is 2. The largest absolute Gasteiger partial charge is 0.495 e. The first-order chi connectivity index (χ1) is 5.69. The van der Waals surface area contributed by atoms with Crippen LogP contribution < -0.4 is 9.47 Å². The summed E-state index contributed by atoms with van der Waals surface area (Å²) in [4.78, 5) is 0. The van der Waals surface area contributed by atoms with E-state index in [1.54, 1.807) is 26.4 Å². The molecule has 66 valence electrons. The summed E-state index contributed by atoms with van der Waals surface area (Å²) < 4.78 is 10.9. The Morgan fingerprint density at radius 3 is 1.92 bits per heavy atom. The van der Waals surface area contributed by atoms with Gasteiger partial charge in [-0.05, 0) is 12.1 Å². The number of hydrogen-bond donors (Lipinski definition) is 0. The Kier molecular flexibility index (Phi) is 3.23. The molecular formula is C8H8BrClO2. The van der Waals surface area contributed by atoms with Gasteiger partial charge in [-0.3, -0.25) is 0 Å². The van der Waals surface area contributed by atoms with Crippen LogP contribution in [-0.2, 0) is 0 Å². The number of benzene rings is 1. The smallest absolute Gasteiger partial charge is 0.142 e. The maximum Gasteiger partial charge on any atom is 0.142 e. The van der Waals surface area contributed by atoms with Gasteiger partial charge < -0.3 is 9.47 Å². The van der Waals surface area contributed by atoms with Crippen molar-refractivity contribution in [3.63, 3.8) is 0 Å². The zero-order valence-corrected chi connectivity index (χ0v) is 9.07. The van der Waals surface area contributed by atoms with Crippen LogP contribution in [-0.4, -0.2) is 14.2 Å². The maximum atomic E-state index is 5.91. The topological polar surface area (TPSA) is 18.5 Å². The minimum Gasteiger partial charge on any atom is -0.495 e. The van der Waals surface area contributed by atoms with E-state index in [-0.39, 0.29) is 0 Å². The van der Waals surface area contributed by atoms with Crippen molar-refractivity contribution in [1.29, 1.82) is 0 Å². The Labute approximate surface area is 84.6 Å². The molecule has 2 nitrogen and oxygen atoms in total. The fourth-order valence-electron chi connectivity index (χ4n) is 0.837. The Hall–Kier alpha value is -0.410. The maximum absolute atomic E-state index is 5.91. The fraction of sp³-hybridized carbons (Fsp3) is 0.250. The highest BCUT2D eigenvalue weighted by atomic mass is 79.9. The highest BCUT2D eigenvalue weighted by molar-refractivity contribution is 9.10. The van der Waals surface area contributed by atoms with E-state index in [1.165, 1.54) is 0 Å². The highest BCUT2D eigenvalue weighted by Crippen LogP contribution is 2.36. The third-order valence-electron chi connectivity index (χ3n) is 1.41. The lowest BCUT2D eigenvalue weighted by Crippen LogP contribution is -1.89. The van der Waals surface area contributed by atoms with Gasteiger partial charge >= 0.3 is 0 Å². The summed E-state index contributed by atoms with van der Waals surface area (Å²) in [5.74, 6) is 1.20. The fourth-order valence-corrected chi connectivity index (χ4v) is 1.52. The molecule has 0 aromatic heterocycles. The first-order valence-corrected chi connectivity index (χ1v) is 4.43. The van der Waals surface area contributed by atoms with E-state index < -0.39 is 0 Å². The van der Waals surface area contributed by atoms with E-state index in [9.17, 15) is 0 Å². The Morgan fingerprint density at radius 1 is 1.17 bits per heavy atom. The van der Waals surface area contributed by atoms with Crippen molar-refractivity contribution >= 4 is 27.5 Å². The van der Waals surface area contributed by atoms with Crippen LogP contribution in [0, 0.1) is 0 Å². The van der Waals surface area contributed by atoms with E-state index in [0.717, 1.165) is 4.47 Å². The molecule has 0 bridgehead atoms. The number of hydrogen-bond acceptors (Lipinski definition) is 2. The van der Waals surface area contributed by atoms with Gasteiger partial charge in [-0.15, -0.1) is 0 Å². The molecule has 0 aliphatic carbocycles. The summed E-state index contributed by atoms with van der Waals surface area (Å²) in [5.41, 5.74) is 0. The minimum absolute atomic E-state index is 0.489. The van der Waals surface area contributed by atoms with Crippen molar-refractivity contribution in [3.05, 3.63) is 21.6 Å². The lowest BCUT2D eigenvalue weighted by atomic mass is 10.3. The number of ether oxygens (including phenoxy) is 2. The lowest BCUT2D eigenvalue weighted by Gasteiger charge is -2.07. The van der Waals surface area contributed by atoms with Gasteiger partial charge in [-0.1, -0.05) is 27.5 Å². The summed E-state index contributed by atoms with van der Waals surface area (Å²) >= 11 is 9.22. The molecule has 0 unspecified atom stereocenters. The van der Waals surface area contributed by atoms with E-state index in [1.807, 2.05) is 0 Å². The summed E-state index contributed by atoms with van der Waals surface area (Å²) in [5, 5.41) is 0.489. The molecule has 1 aromatic carbocycles. The summed E-state index contributed by atoms with van der Waals surface area (Å²) in [7, 11) is 3.13. The summed E-state index contributed by atoms with van der Waals surface area (Å²) in [6, 6.07) is 3.57. The van der Waals surface area contributed by atoms with Crippen LogP contribution in [0.25, 0.3) is 0 Å². The van der Waals surface area contributed by atoms with Crippen LogP contribution in [0.1, 0.15) is 0 Å². The molecule has 12 heavy (non-hydrogen) atoms. The van der Waals surface area contributed by atoms with Crippen molar-refractivity contribution in [2.75, 3.05) is 14.2 Å². The van der Waals surface area contributed by atoms with Crippen molar-refractivity contribution in [1.82, 2.24) is 0 Å². The van der Waals surface area contributed by atoms with Gasteiger partial charge in [0.05, 0.1) is 14.2 Å². The summed E-state index contributed by atoms with van der Waals surface area (Å²) in [6.07, 6.45) is 0. The Morgan fingerprint density at radius 2 is 1.58 bits per heavy atom. The minimum atomic E-state index is 0.489. The molecule has 0 saturated carbocycles. The second-order valence-electron chi connectivity index (χ2n) is 2.12. The zero-order chi connectivity index (χ0) is 9.14. The molecule has 0 atom stereocenters. The second-order valence-corrected chi connectivity index (χ2v) is 3.42. The first kappa shape index (κ1) is 9.68. The summed E-state index contributed by atoms with van der Waals surface area (Å²) in [6.45, 7) is 0.